The first-order valence-electron chi connectivity index (χ1n) is 14.3. The van der Waals surface area contributed by atoms with Gasteiger partial charge in [-0.2, -0.15) is 0 Å². The molecule has 0 unspecified atom stereocenters. The first-order chi connectivity index (χ1) is 19.8. The highest BCUT2D eigenvalue weighted by atomic mass is 32.2. The molecule has 3 aromatic carbocycles. The lowest BCUT2D eigenvalue weighted by Gasteiger charge is -2.34. The van der Waals surface area contributed by atoms with Crippen molar-refractivity contribution in [3.05, 3.63) is 90.0 Å². The molecule has 1 aliphatic carbocycles. The fourth-order valence-corrected chi connectivity index (χ4v) is 7.09. The van der Waals surface area contributed by atoms with Crippen molar-refractivity contribution in [2.45, 2.75) is 50.0 Å². The number of ether oxygens (including phenoxy) is 1. The van der Waals surface area contributed by atoms with Crippen molar-refractivity contribution in [2.24, 2.45) is 11.8 Å². The molecule has 4 atom stereocenters. The minimum atomic E-state index is -4.01. The van der Waals surface area contributed by atoms with Crippen molar-refractivity contribution in [1.82, 2.24) is 4.72 Å². The van der Waals surface area contributed by atoms with E-state index in [9.17, 15) is 18.0 Å². The Morgan fingerprint density at radius 3 is 2.44 bits per heavy atom. The third-order valence-corrected chi connectivity index (χ3v) is 9.46. The molecule has 41 heavy (non-hydrogen) atoms. The molecule has 216 valence electrons. The van der Waals surface area contributed by atoms with Crippen LogP contribution in [0.3, 0.4) is 0 Å². The molecular formula is C32H37N3O5S. The van der Waals surface area contributed by atoms with E-state index >= 15 is 0 Å². The predicted molar refractivity (Wildman–Crippen MR) is 159 cm³/mol. The second-order valence-corrected chi connectivity index (χ2v) is 12.5. The number of anilines is 2. The molecule has 0 aromatic heterocycles. The molecule has 1 aliphatic heterocycles. The van der Waals surface area contributed by atoms with Gasteiger partial charge in [0, 0.05) is 30.7 Å². The highest BCUT2D eigenvalue weighted by Crippen LogP contribution is 2.48. The zero-order chi connectivity index (χ0) is 29.0. The summed E-state index contributed by atoms with van der Waals surface area (Å²) in [5, 5.41) is 2.95. The van der Waals surface area contributed by atoms with E-state index in [-0.39, 0.29) is 34.5 Å². The van der Waals surface area contributed by atoms with Crippen LogP contribution in [0, 0.1) is 11.8 Å². The summed E-state index contributed by atoms with van der Waals surface area (Å²) in [6, 6.07) is 23.8. The van der Waals surface area contributed by atoms with E-state index in [4.69, 9.17) is 4.74 Å². The first kappa shape index (κ1) is 28.8. The summed E-state index contributed by atoms with van der Waals surface area (Å²) in [6.07, 6.45) is 2.19. The molecule has 1 amide bonds. The SMILES string of the molecule is CCOC(=O)[C@@H]1CCCN(c2ccc(NC(=O)[C@H]3C[C@H]3c3ccccc3)cc2S(=O)(=O)N[C@H](C)c2ccccc2)C1. The maximum atomic E-state index is 13.9. The van der Waals surface area contributed by atoms with Crippen molar-refractivity contribution >= 4 is 33.3 Å². The summed E-state index contributed by atoms with van der Waals surface area (Å²) < 4.78 is 35.8. The number of hydrogen-bond donors (Lipinski definition) is 2. The summed E-state index contributed by atoms with van der Waals surface area (Å²) in [4.78, 5) is 27.6. The number of benzene rings is 3. The molecule has 2 N–H and O–H groups in total. The van der Waals surface area contributed by atoms with E-state index in [0.29, 0.717) is 37.5 Å². The highest BCUT2D eigenvalue weighted by molar-refractivity contribution is 7.89. The molecule has 5 rings (SSSR count). The zero-order valence-electron chi connectivity index (χ0n) is 23.5. The van der Waals surface area contributed by atoms with Gasteiger partial charge in [0.15, 0.2) is 0 Å². The standard InChI is InChI=1S/C32H37N3O5S/c1-3-40-32(37)25-15-10-18-35(21-25)29-17-16-26(33-31(36)28-20-27(28)24-13-8-5-9-14-24)19-30(29)41(38,39)34-22(2)23-11-6-4-7-12-23/h4-9,11-14,16-17,19,22,25,27-28,34H,3,10,15,18,20-21H2,1-2H3,(H,33,36)/t22-,25-,27+,28+/m1/s1. The van der Waals surface area contributed by atoms with Crippen LogP contribution in [-0.4, -0.2) is 40.0 Å². The molecule has 0 spiro atoms. The number of amides is 1. The molecule has 0 bridgehead atoms. The number of sulfonamides is 1. The van der Waals surface area contributed by atoms with E-state index in [1.807, 2.05) is 65.6 Å². The highest BCUT2D eigenvalue weighted by Gasteiger charge is 2.44. The maximum absolute atomic E-state index is 13.9. The maximum Gasteiger partial charge on any atom is 0.310 e. The van der Waals surface area contributed by atoms with Crippen LogP contribution in [0.1, 0.15) is 56.2 Å². The summed E-state index contributed by atoms with van der Waals surface area (Å²) >= 11 is 0. The third kappa shape index (κ3) is 6.80. The molecule has 1 saturated heterocycles. The van der Waals surface area contributed by atoms with Gasteiger partial charge < -0.3 is 15.0 Å². The van der Waals surface area contributed by atoms with Gasteiger partial charge in [-0.3, -0.25) is 9.59 Å². The number of hydrogen-bond acceptors (Lipinski definition) is 6. The Bertz CT molecular complexity index is 1480. The van der Waals surface area contributed by atoms with Gasteiger partial charge >= 0.3 is 5.97 Å². The number of esters is 1. The number of carbonyl (C=O) groups is 2. The van der Waals surface area contributed by atoms with E-state index in [0.717, 1.165) is 24.0 Å². The van der Waals surface area contributed by atoms with Crippen LogP contribution in [0.15, 0.2) is 83.8 Å². The van der Waals surface area contributed by atoms with E-state index in [1.54, 1.807) is 26.0 Å². The lowest BCUT2D eigenvalue weighted by Crippen LogP contribution is -2.40. The lowest BCUT2D eigenvalue weighted by molar-refractivity contribution is -0.148. The lowest BCUT2D eigenvalue weighted by atomic mass is 9.97. The van der Waals surface area contributed by atoms with Crippen LogP contribution >= 0.6 is 0 Å². The van der Waals surface area contributed by atoms with Crippen LogP contribution in [0.5, 0.6) is 0 Å². The minimum absolute atomic E-state index is 0.0676. The number of nitrogens with zero attached hydrogens (tertiary/aromatic N) is 1. The topological polar surface area (TPSA) is 105 Å². The Labute approximate surface area is 242 Å². The summed E-state index contributed by atoms with van der Waals surface area (Å²) in [7, 11) is -4.01. The van der Waals surface area contributed by atoms with Crippen molar-refractivity contribution in [1.29, 1.82) is 0 Å². The van der Waals surface area contributed by atoms with Gasteiger partial charge in [-0.25, -0.2) is 13.1 Å². The fraction of sp³-hybridized carbons (Fsp3) is 0.375. The van der Waals surface area contributed by atoms with Crippen LogP contribution in [-0.2, 0) is 24.3 Å². The van der Waals surface area contributed by atoms with Crippen LogP contribution in [0.4, 0.5) is 11.4 Å². The smallest absolute Gasteiger partial charge is 0.310 e. The van der Waals surface area contributed by atoms with Crippen molar-refractivity contribution < 1.29 is 22.7 Å². The monoisotopic (exact) mass is 575 g/mol. The first-order valence-corrected chi connectivity index (χ1v) is 15.7. The average Bonchev–Trinajstić information content (AvgIpc) is 3.80. The molecule has 2 aliphatic rings. The second kappa shape index (κ2) is 12.4. The summed E-state index contributed by atoms with van der Waals surface area (Å²) in [6.45, 7) is 4.85. The Morgan fingerprint density at radius 1 is 1.02 bits per heavy atom. The summed E-state index contributed by atoms with van der Waals surface area (Å²) in [5.41, 5.74) is 2.89. The Kier molecular flexibility index (Phi) is 8.75. The van der Waals surface area contributed by atoms with Crippen molar-refractivity contribution in [3.8, 4) is 0 Å². The summed E-state index contributed by atoms with van der Waals surface area (Å²) in [5.74, 6) is -0.708. The quantitative estimate of drug-likeness (QED) is 0.320. The van der Waals surface area contributed by atoms with E-state index in [1.165, 1.54) is 6.07 Å². The molecule has 3 aromatic rings. The van der Waals surface area contributed by atoms with Gasteiger partial charge in [-0.05, 0) is 68.4 Å². The predicted octanol–water partition coefficient (Wildman–Crippen LogP) is 5.25. The van der Waals surface area contributed by atoms with Gasteiger partial charge in [-0.15, -0.1) is 0 Å². The van der Waals surface area contributed by atoms with E-state index in [2.05, 4.69) is 10.0 Å². The van der Waals surface area contributed by atoms with Crippen molar-refractivity contribution in [3.63, 3.8) is 0 Å². The van der Waals surface area contributed by atoms with Crippen molar-refractivity contribution in [2.75, 3.05) is 29.9 Å². The zero-order valence-corrected chi connectivity index (χ0v) is 24.3. The van der Waals surface area contributed by atoms with Gasteiger partial charge in [0.05, 0.1) is 18.2 Å². The fourth-order valence-electron chi connectivity index (χ4n) is 5.61. The van der Waals surface area contributed by atoms with Gasteiger partial charge in [-0.1, -0.05) is 60.7 Å². The van der Waals surface area contributed by atoms with Crippen LogP contribution < -0.4 is 14.9 Å². The van der Waals surface area contributed by atoms with E-state index < -0.39 is 16.1 Å². The van der Waals surface area contributed by atoms with Gasteiger partial charge in [0.25, 0.3) is 0 Å². The van der Waals surface area contributed by atoms with Crippen LogP contribution in [0.25, 0.3) is 0 Å². The molecule has 1 heterocycles. The number of rotatable bonds is 10. The Morgan fingerprint density at radius 2 is 1.73 bits per heavy atom. The molecular weight excluding hydrogens is 538 g/mol. The normalized spacial score (nSPS) is 21.1. The Balaban J connectivity index is 1.41. The average molecular weight is 576 g/mol. The molecule has 2 fully saturated rings. The largest absolute Gasteiger partial charge is 0.466 e. The molecule has 0 radical (unpaired) electrons. The Hall–Kier alpha value is -3.69. The molecule has 8 nitrogen and oxygen atoms in total. The van der Waals surface area contributed by atoms with Gasteiger partial charge in [0.1, 0.15) is 4.90 Å². The second-order valence-electron chi connectivity index (χ2n) is 10.8. The molecule has 1 saturated carbocycles. The minimum Gasteiger partial charge on any atom is -0.466 e. The number of nitrogens with one attached hydrogen (secondary N) is 2. The van der Waals surface area contributed by atoms with Gasteiger partial charge in [0.2, 0.25) is 15.9 Å². The molecule has 9 heteroatoms. The third-order valence-electron chi connectivity index (χ3n) is 7.89. The number of piperidine rings is 1. The number of carbonyl (C=O) groups excluding carboxylic acids is 2. The van der Waals surface area contributed by atoms with Crippen LogP contribution in [0.2, 0.25) is 0 Å².